The van der Waals surface area contributed by atoms with Gasteiger partial charge in [-0.25, -0.2) is 4.39 Å². The molecular weight excluding hydrogens is 343 g/mol. The number of carbonyl (C=O) groups is 2. The molecule has 2 aromatic carbocycles. The minimum absolute atomic E-state index is 0.0705. The summed E-state index contributed by atoms with van der Waals surface area (Å²) in [6.07, 6.45) is -0.186. The highest BCUT2D eigenvalue weighted by Gasteiger charge is 2.20. The van der Waals surface area contributed by atoms with Crippen molar-refractivity contribution in [2.24, 2.45) is 0 Å². The van der Waals surface area contributed by atoms with Crippen molar-refractivity contribution in [3.05, 3.63) is 69.0 Å². The summed E-state index contributed by atoms with van der Waals surface area (Å²) in [4.78, 5) is 34.2. The van der Waals surface area contributed by atoms with E-state index in [0.717, 1.165) is 5.56 Å². The Hall–Kier alpha value is -3.29. The summed E-state index contributed by atoms with van der Waals surface area (Å²) in [5.41, 5.74) is 1.57. The summed E-state index contributed by atoms with van der Waals surface area (Å²) in [7, 11) is 0. The summed E-state index contributed by atoms with van der Waals surface area (Å²) < 4.78 is 17.9. The van der Waals surface area contributed by atoms with Crippen molar-refractivity contribution in [3.8, 4) is 0 Å². The number of nitrogens with one attached hydrogen (secondary N) is 1. The lowest BCUT2D eigenvalue weighted by Crippen LogP contribution is -2.22. The average molecular weight is 360 g/mol. The second-order valence-corrected chi connectivity index (χ2v) is 5.67. The van der Waals surface area contributed by atoms with Crippen LogP contribution < -0.4 is 5.32 Å². The number of aryl methyl sites for hydroxylation is 1. The van der Waals surface area contributed by atoms with Crippen LogP contribution in [0.25, 0.3) is 0 Å². The van der Waals surface area contributed by atoms with Gasteiger partial charge in [-0.3, -0.25) is 19.7 Å². The number of benzene rings is 2. The average Bonchev–Trinajstić information content (AvgIpc) is 2.57. The molecular formula is C18H17FN2O5. The fourth-order valence-corrected chi connectivity index (χ4v) is 2.30. The molecule has 0 spiro atoms. The summed E-state index contributed by atoms with van der Waals surface area (Å²) >= 11 is 0. The van der Waals surface area contributed by atoms with Gasteiger partial charge in [-0.1, -0.05) is 18.2 Å². The predicted octanol–water partition coefficient (Wildman–Crippen LogP) is 3.08. The molecule has 0 aromatic heterocycles. The van der Waals surface area contributed by atoms with Crippen molar-refractivity contribution in [2.45, 2.75) is 20.3 Å². The quantitative estimate of drug-likeness (QED) is 0.485. The number of anilines is 1. The zero-order valence-corrected chi connectivity index (χ0v) is 14.2. The van der Waals surface area contributed by atoms with E-state index in [1.54, 1.807) is 26.0 Å². The van der Waals surface area contributed by atoms with Crippen LogP contribution in [0.1, 0.15) is 16.7 Å². The number of rotatable bonds is 6. The van der Waals surface area contributed by atoms with Crippen molar-refractivity contribution in [2.75, 3.05) is 11.9 Å². The molecule has 2 rings (SSSR count). The summed E-state index contributed by atoms with van der Waals surface area (Å²) in [5.74, 6) is -1.88. The highest BCUT2D eigenvalue weighted by molar-refractivity contribution is 5.96. The molecule has 0 saturated heterocycles. The molecule has 0 fully saturated rings. The first kappa shape index (κ1) is 19.0. The number of nitrogens with zero attached hydrogens (tertiary/aromatic N) is 1. The number of esters is 1. The lowest BCUT2D eigenvalue weighted by atomic mass is 10.1. The van der Waals surface area contributed by atoms with Gasteiger partial charge in [0.05, 0.1) is 11.3 Å². The van der Waals surface area contributed by atoms with Crippen LogP contribution >= 0.6 is 0 Å². The molecule has 0 atom stereocenters. The second-order valence-electron chi connectivity index (χ2n) is 5.67. The standard InChI is InChI=1S/C18H17FN2O5/c1-11-6-7-15(21(24)25)18(12(11)2)20-16(22)10-26-17(23)9-13-4-3-5-14(19)8-13/h3-8H,9-10H2,1-2H3,(H,20,22). The molecule has 1 N–H and O–H groups in total. The number of ether oxygens (including phenoxy) is 1. The van der Waals surface area contributed by atoms with Crippen LogP contribution in [0.15, 0.2) is 36.4 Å². The number of hydrogen-bond acceptors (Lipinski definition) is 5. The third-order valence-electron chi connectivity index (χ3n) is 3.78. The van der Waals surface area contributed by atoms with Gasteiger partial charge >= 0.3 is 5.97 Å². The molecule has 0 saturated carbocycles. The first-order chi connectivity index (χ1) is 12.3. The van der Waals surface area contributed by atoms with Crippen LogP contribution in [-0.2, 0) is 20.7 Å². The Morgan fingerprint density at radius 3 is 2.62 bits per heavy atom. The molecule has 0 radical (unpaired) electrons. The Balaban J connectivity index is 1.98. The first-order valence-electron chi connectivity index (χ1n) is 7.72. The highest BCUT2D eigenvalue weighted by atomic mass is 19.1. The molecule has 7 nitrogen and oxygen atoms in total. The number of nitro benzene ring substituents is 1. The minimum Gasteiger partial charge on any atom is -0.455 e. The third kappa shape index (κ3) is 4.85. The Morgan fingerprint density at radius 1 is 1.23 bits per heavy atom. The number of nitro groups is 1. The van der Waals surface area contributed by atoms with Crippen molar-refractivity contribution < 1.29 is 23.6 Å². The molecule has 2 aromatic rings. The largest absolute Gasteiger partial charge is 0.455 e. The van der Waals surface area contributed by atoms with Crippen LogP contribution in [0.4, 0.5) is 15.8 Å². The van der Waals surface area contributed by atoms with E-state index in [1.165, 1.54) is 24.3 Å². The first-order valence-corrected chi connectivity index (χ1v) is 7.72. The van der Waals surface area contributed by atoms with Crippen LogP contribution in [0.2, 0.25) is 0 Å². The zero-order valence-electron chi connectivity index (χ0n) is 14.2. The predicted molar refractivity (Wildman–Crippen MR) is 92.3 cm³/mol. The molecule has 0 aliphatic heterocycles. The number of amides is 1. The molecule has 136 valence electrons. The monoisotopic (exact) mass is 360 g/mol. The topological polar surface area (TPSA) is 98.5 Å². The Morgan fingerprint density at radius 2 is 1.96 bits per heavy atom. The molecule has 0 unspecified atom stereocenters. The summed E-state index contributed by atoms with van der Waals surface area (Å²) in [5, 5.41) is 13.5. The Labute approximate surface area is 148 Å². The van der Waals surface area contributed by atoms with Gasteiger partial charge in [0.1, 0.15) is 11.5 Å². The van der Waals surface area contributed by atoms with Gasteiger partial charge in [-0.05, 0) is 42.7 Å². The van der Waals surface area contributed by atoms with Gasteiger partial charge in [-0.15, -0.1) is 0 Å². The molecule has 1 amide bonds. The summed E-state index contributed by atoms with van der Waals surface area (Å²) in [6, 6.07) is 8.35. The van der Waals surface area contributed by atoms with Gasteiger partial charge in [0.2, 0.25) is 0 Å². The Bertz CT molecular complexity index is 867. The van der Waals surface area contributed by atoms with E-state index in [0.29, 0.717) is 11.1 Å². The third-order valence-corrected chi connectivity index (χ3v) is 3.78. The van der Waals surface area contributed by atoms with Crippen LogP contribution in [0.3, 0.4) is 0 Å². The van der Waals surface area contributed by atoms with Gasteiger partial charge < -0.3 is 10.1 Å². The number of carbonyl (C=O) groups excluding carboxylic acids is 2. The Kier molecular flexibility index (Phi) is 6.00. The van der Waals surface area contributed by atoms with E-state index in [-0.39, 0.29) is 17.8 Å². The van der Waals surface area contributed by atoms with Crippen LogP contribution in [0, 0.1) is 29.8 Å². The smallest absolute Gasteiger partial charge is 0.310 e. The van der Waals surface area contributed by atoms with Crippen molar-refractivity contribution >= 4 is 23.3 Å². The number of hydrogen-bond donors (Lipinski definition) is 1. The summed E-state index contributed by atoms with van der Waals surface area (Å²) in [6.45, 7) is 2.81. The maximum Gasteiger partial charge on any atom is 0.310 e. The molecule has 26 heavy (non-hydrogen) atoms. The van der Waals surface area contributed by atoms with Crippen molar-refractivity contribution in [1.82, 2.24) is 0 Å². The van der Waals surface area contributed by atoms with Gasteiger partial charge in [0, 0.05) is 6.07 Å². The fraction of sp³-hybridized carbons (Fsp3) is 0.222. The van der Waals surface area contributed by atoms with Gasteiger partial charge in [-0.2, -0.15) is 0 Å². The van der Waals surface area contributed by atoms with E-state index in [4.69, 9.17) is 4.74 Å². The van der Waals surface area contributed by atoms with Gasteiger partial charge in [0.15, 0.2) is 6.61 Å². The molecule has 0 aliphatic carbocycles. The lowest BCUT2D eigenvalue weighted by Gasteiger charge is -2.11. The number of halogens is 1. The van der Waals surface area contributed by atoms with Crippen LogP contribution in [-0.4, -0.2) is 23.4 Å². The maximum atomic E-state index is 13.1. The van der Waals surface area contributed by atoms with Gasteiger partial charge in [0.25, 0.3) is 11.6 Å². The van der Waals surface area contributed by atoms with E-state index < -0.39 is 29.2 Å². The molecule has 0 bridgehead atoms. The fourth-order valence-electron chi connectivity index (χ4n) is 2.30. The molecule has 8 heteroatoms. The minimum atomic E-state index is -0.707. The van der Waals surface area contributed by atoms with Crippen molar-refractivity contribution in [1.29, 1.82) is 0 Å². The van der Waals surface area contributed by atoms with Crippen LogP contribution in [0.5, 0.6) is 0 Å². The molecule has 0 heterocycles. The molecule has 0 aliphatic rings. The van der Waals surface area contributed by atoms with E-state index in [1.807, 2.05) is 0 Å². The van der Waals surface area contributed by atoms with E-state index >= 15 is 0 Å². The lowest BCUT2D eigenvalue weighted by molar-refractivity contribution is -0.384. The normalized spacial score (nSPS) is 10.3. The maximum absolute atomic E-state index is 13.1. The van der Waals surface area contributed by atoms with E-state index in [2.05, 4.69) is 5.32 Å². The second kappa shape index (κ2) is 8.19. The highest BCUT2D eigenvalue weighted by Crippen LogP contribution is 2.30. The van der Waals surface area contributed by atoms with Crippen molar-refractivity contribution in [3.63, 3.8) is 0 Å². The SMILES string of the molecule is Cc1ccc([N+](=O)[O-])c(NC(=O)COC(=O)Cc2cccc(F)c2)c1C. The zero-order chi connectivity index (χ0) is 19.3. The van der Waals surface area contributed by atoms with E-state index in [9.17, 15) is 24.1 Å².